The zero-order chi connectivity index (χ0) is 9.10. The molecule has 0 radical (unpaired) electrons. The van der Waals surface area contributed by atoms with Crippen molar-refractivity contribution in [1.82, 2.24) is 4.98 Å². The maximum Gasteiger partial charge on any atom is 0.220 e. The molecule has 0 bridgehead atoms. The number of nitrogens with zero attached hydrogens (tertiary/aromatic N) is 1. The lowest BCUT2D eigenvalue weighted by Gasteiger charge is -2.12. The summed E-state index contributed by atoms with van der Waals surface area (Å²) in [5.41, 5.74) is 1.80. The zero-order valence-electron chi connectivity index (χ0n) is 7.46. The van der Waals surface area contributed by atoms with E-state index >= 15 is 0 Å². The van der Waals surface area contributed by atoms with Crippen molar-refractivity contribution in [3.8, 4) is 0 Å². The SMILES string of the molecule is Fc1ncccc1C1=CCCCC1. The Morgan fingerprint density at radius 1 is 1.31 bits per heavy atom. The number of halogens is 1. The molecule has 2 heteroatoms. The summed E-state index contributed by atoms with van der Waals surface area (Å²) in [4.78, 5) is 3.65. The van der Waals surface area contributed by atoms with Crippen LogP contribution in [0.4, 0.5) is 4.39 Å². The molecule has 0 aromatic carbocycles. The van der Waals surface area contributed by atoms with Crippen molar-refractivity contribution in [3.63, 3.8) is 0 Å². The highest BCUT2D eigenvalue weighted by atomic mass is 19.1. The molecule has 1 aliphatic rings. The molecule has 1 heterocycles. The summed E-state index contributed by atoms with van der Waals surface area (Å²) in [5, 5.41) is 0. The molecule has 1 aromatic heterocycles. The van der Waals surface area contributed by atoms with Gasteiger partial charge in [-0.15, -0.1) is 0 Å². The molecular formula is C11H12FN. The van der Waals surface area contributed by atoms with Gasteiger partial charge in [-0.25, -0.2) is 4.98 Å². The number of hydrogen-bond acceptors (Lipinski definition) is 1. The Balaban J connectivity index is 2.34. The summed E-state index contributed by atoms with van der Waals surface area (Å²) in [6.45, 7) is 0. The molecule has 0 saturated carbocycles. The first kappa shape index (κ1) is 8.42. The summed E-state index contributed by atoms with van der Waals surface area (Å²) in [5.74, 6) is -0.337. The van der Waals surface area contributed by atoms with Gasteiger partial charge >= 0.3 is 0 Å². The maximum atomic E-state index is 13.2. The smallest absolute Gasteiger partial charge is 0.220 e. The highest BCUT2D eigenvalue weighted by Crippen LogP contribution is 2.27. The van der Waals surface area contributed by atoms with E-state index < -0.39 is 0 Å². The molecule has 0 aliphatic heterocycles. The summed E-state index contributed by atoms with van der Waals surface area (Å²) < 4.78 is 13.2. The summed E-state index contributed by atoms with van der Waals surface area (Å²) >= 11 is 0. The van der Waals surface area contributed by atoms with Crippen molar-refractivity contribution in [2.45, 2.75) is 25.7 Å². The minimum atomic E-state index is -0.337. The number of hydrogen-bond donors (Lipinski definition) is 0. The molecule has 0 amide bonds. The largest absolute Gasteiger partial charge is 0.228 e. The van der Waals surface area contributed by atoms with E-state index in [0.717, 1.165) is 18.4 Å². The molecule has 0 saturated heterocycles. The van der Waals surface area contributed by atoms with E-state index in [1.165, 1.54) is 19.0 Å². The van der Waals surface area contributed by atoms with Crippen LogP contribution < -0.4 is 0 Å². The maximum absolute atomic E-state index is 13.2. The van der Waals surface area contributed by atoms with Gasteiger partial charge in [0.2, 0.25) is 5.95 Å². The topological polar surface area (TPSA) is 12.9 Å². The fraction of sp³-hybridized carbons (Fsp3) is 0.364. The first-order valence-corrected chi connectivity index (χ1v) is 4.68. The average Bonchev–Trinajstić information content (AvgIpc) is 2.20. The molecule has 1 aromatic rings. The second-order valence-electron chi connectivity index (χ2n) is 3.32. The van der Waals surface area contributed by atoms with Gasteiger partial charge in [0.25, 0.3) is 0 Å². The van der Waals surface area contributed by atoms with Crippen LogP contribution in [0.3, 0.4) is 0 Å². The lowest BCUT2D eigenvalue weighted by atomic mass is 9.95. The third-order valence-electron chi connectivity index (χ3n) is 2.40. The Morgan fingerprint density at radius 3 is 2.92 bits per heavy atom. The van der Waals surface area contributed by atoms with E-state index in [1.807, 2.05) is 0 Å². The van der Waals surface area contributed by atoms with Crippen LogP contribution in [-0.2, 0) is 0 Å². The third-order valence-corrected chi connectivity index (χ3v) is 2.40. The highest BCUT2D eigenvalue weighted by molar-refractivity contribution is 5.65. The first-order valence-electron chi connectivity index (χ1n) is 4.68. The second-order valence-corrected chi connectivity index (χ2v) is 3.32. The van der Waals surface area contributed by atoms with Gasteiger partial charge in [0.15, 0.2) is 0 Å². The minimum Gasteiger partial charge on any atom is -0.228 e. The molecule has 1 nitrogen and oxygen atoms in total. The van der Waals surface area contributed by atoms with Gasteiger partial charge in [-0.3, -0.25) is 0 Å². The molecule has 68 valence electrons. The van der Waals surface area contributed by atoms with E-state index in [2.05, 4.69) is 11.1 Å². The summed E-state index contributed by atoms with van der Waals surface area (Å²) in [7, 11) is 0. The normalized spacial score (nSPS) is 16.8. The first-order chi connectivity index (χ1) is 6.38. The highest BCUT2D eigenvalue weighted by Gasteiger charge is 2.10. The Bertz CT molecular complexity index is 331. The molecule has 0 atom stereocenters. The van der Waals surface area contributed by atoms with Gasteiger partial charge in [-0.05, 0) is 43.4 Å². The fourth-order valence-corrected chi connectivity index (χ4v) is 1.71. The lowest BCUT2D eigenvalue weighted by molar-refractivity contribution is 0.577. The van der Waals surface area contributed by atoms with Crippen molar-refractivity contribution >= 4 is 5.57 Å². The summed E-state index contributed by atoms with van der Waals surface area (Å²) in [6.07, 6.45) is 8.07. The van der Waals surface area contributed by atoms with E-state index in [4.69, 9.17) is 0 Å². The van der Waals surface area contributed by atoms with Crippen LogP contribution in [0, 0.1) is 5.95 Å². The Hall–Kier alpha value is -1.18. The van der Waals surface area contributed by atoms with Gasteiger partial charge in [-0.2, -0.15) is 4.39 Å². The van der Waals surface area contributed by atoms with Crippen molar-refractivity contribution in [2.24, 2.45) is 0 Å². The Kier molecular flexibility index (Phi) is 2.39. The molecule has 0 spiro atoms. The van der Waals surface area contributed by atoms with E-state index in [-0.39, 0.29) is 5.95 Å². The van der Waals surface area contributed by atoms with Gasteiger partial charge < -0.3 is 0 Å². The Morgan fingerprint density at radius 2 is 2.23 bits per heavy atom. The quantitative estimate of drug-likeness (QED) is 0.600. The molecule has 0 fully saturated rings. The zero-order valence-corrected chi connectivity index (χ0v) is 7.46. The minimum absolute atomic E-state index is 0.337. The van der Waals surface area contributed by atoms with Crippen LogP contribution in [0.15, 0.2) is 24.4 Å². The summed E-state index contributed by atoms with van der Waals surface area (Å²) in [6, 6.07) is 3.59. The Labute approximate surface area is 77.3 Å². The van der Waals surface area contributed by atoms with Crippen LogP contribution in [0.5, 0.6) is 0 Å². The van der Waals surface area contributed by atoms with Gasteiger partial charge in [0.05, 0.1) is 0 Å². The molecule has 1 aliphatic carbocycles. The average molecular weight is 177 g/mol. The number of rotatable bonds is 1. The fourth-order valence-electron chi connectivity index (χ4n) is 1.71. The van der Waals surface area contributed by atoms with Crippen LogP contribution in [0.25, 0.3) is 5.57 Å². The van der Waals surface area contributed by atoms with Crippen LogP contribution in [0.1, 0.15) is 31.2 Å². The van der Waals surface area contributed by atoms with Gasteiger partial charge in [0, 0.05) is 11.8 Å². The van der Waals surface area contributed by atoms with E-state index in [9.17, 15) is 4.39 Å². The van der Waals surface area contributed by atoms with Crippen LogP contribution >= 0.6 is 0 Å². The number of aromatic nitrogens is 1. The van der Waals surface area contributed by atoms with Crippen molar-refractivity contribution in [3.05, 3.63) is 35.9 Å². The number of allylic oxidation sites excluding steroid dienone is 2. The molecule has 0 unspecified atom stereocenters. The van der Waals surface area contributed by atoms with E-state index in [0.29, 0.717) is 5.56 Å². The molecule has 2 rings (SSSR count). The van der Waals surface area contributed by atoms with Crippen LogP contribution in [-0.4, -0.2) is 4.98 Å². The predicted molar refractivity (Wildman–Crippen MR) is 50.6 cm³/mol. The van der Waals surface area contributed by atoms with Crippen LogP contribution in [0.2, 0.25) is 0 Å². The standard InChI is InChI=1S/C11H12FN/c12-11-10(7-4-8-13-11)9-5-2-1-3-6-9/h4-5,7-8H,1-3,6H2. The molecule has 0 N–H and O–H groups in total. The van der Waals surface area contributed by atoms with Crippen molar-refractivity contribution < 1.29 is 4.39 Å². The second kappa shape index (κ2) is 3.69. The number of pyridine rings is 1. The van der Waals surface area contributed by atoms with E-state index in [1.54, 1.807) is 12.1 Å². The monoisotopic (exact) mass is 177 g/mol. The van der Waals surface area contributed by atoms with Crippen molar-refractivity contribution in [2.75, 3.05) is 0 Å². The molecular weight excluding hydrogens is 165 g/mol. The predicted octanol–water partition coefficient (Wildman–Crippen LogP) is 3.18. The van der Waals surface area contributed by atoms with Crippen molar-refractivity contribution in [1.29, 1.82) is 0 Å². The lowest BCUT2D eigenvalue weighted by Crippen LogP contribution is -1.96. The third kappa shape index (κ3) is 1.77. The van der Waals surface area contributed by atoms with Gasteiger partial charge in [-0.1, -0.05) is 6.08 Å². The molecule has 13 heavy (non-hydrogen) atoms. The van der Waals surface area contributed by atoms with Gasteiger partial charge in [0.1, 0.15) is 0 Å².